The molecule has 6 rings (SSSR count). The standard InChI is InChI=1S/C12H14F2.2C12H16/c1-7(2)10-4-3-8-5-9(13)6-11(14)12(8)10;2*1-9(2)11-8-7-10-5-3-4-6-12(10)11/h5-7,10H,3-4H2,1-2H3;2*3-6,9,11H,7-8H2,1-2H3/t;2*11-/m.10/s1. The number of halogens is 2. The van der Waals surface area contributed by atoms with Crippen LogP contribution in [-0.4, -0.2) is 0 Å². The first-order valence-electron chi connectivity index (χ1n) is 14.8. The second-order valence-electron chi connectivity index (χ2n) is 12.5. The lowest BCUT2D eigenvalue weighted by molar-refractivity contribution is 0.473. The predicted octanol–water partition coefficient (Wildman–Crippen LogP) is 10.4. The van der Waals surface area contributed by atoms with Crippen molar-refractivity contribution in [1.29, 1.82) is 0 Å². The minimum Gasteiger partial charge on any atom is -0.207 e. The van der Waals surface area contributed by atoms with Gasteiger partial charge in [0.25, 0.3) is 0 Å². The molecule has 3 aliphatic rings. The van der Waals surface area contributed by atoms with Crippen LogP contribution in [0.15, 0.2) is 60.7 Å². The van der Waals surface area contributed by atoms with Gasteiger partial charge in [0, 0.05) is 6.07 Å². The quantitative estimate of drug-likeness (QED) is 0.325. The molecule has 0 nitrogen and oxygen atoms in total. The summed E-state index contributed by atoms with van der Waals surface area (Å²) in [6.07, 6.45) is 7.06. The van der Waals surface area contributed by atoms with Crippen LogP contribution in [0.2, 0.25) is 0 Å². The van der Waals surface area contributed by atoms with Crippen molar-refractivity contribution in [2.45, 2.75) is 97.8 Å². The number of aryl methyl sites for hydroxylation is 3. The van der Waals surface area contributed by atoms with Gasteiger partial charge in [0.15, 0.2) is 0 Å². The van der Waals surface area contributed by atoms with Crippen molar-refractivity contribution in [3.8, 4) is 0 Å². The maximum absolute atomic E-state index is 13.5. The van der Waals surface area contributed by atoms with E-state index in [-0.39, 0.29) is 11.7 Å². The van der Waals surface area contributed by atoms with E-state index >= 15 is 0 Å². The van der Waals surface area contributed by atoms with E-state index < -0.39 is 5.82 Å². The summed E-state index contributed by atoms with van der Waals surface area (Å²) in [7, 11) is 0. The normalized spacial score (nSPS) is 21.0. The van der Waals surface area contributed by atoms with Crippen molar-refractivity contribution in [1.82, 2.24) is 0 Å². The van der Waals surface area contributed by atoms with Crippen molar-refractivity contribution < 1.29 is 8.78 Å². The number of fused-ring (bicyclic) bond motifs is 3. The Kier molecular flexibility index (Phi) is 9.45. The summed E-state index contributed by atoms with van der Waals surface area (Å²) in [5.74, 6) is 3.12. The molecule has 204 valence electrons. The number of hydrogen-bond acceptors (Lipinski definition) is 0. The maximum Gasteiger partial charge on any atom is 0.129 e. The first kappa shape index (κ1) is 28.5. The first-order chi connectivity index (χ1) is 18.2. The summed E-state index contributed by atoms with van der Waals surface area (Å²) in [5.41, 5.74) is 7.98. The van der Waals surface area contributed by atoms with E-state index in [1.54, 1.807) is 22.3 Å². The van der Waals surface area contributed by atoms with Gasteiger partial charge in [-0.25, -0.2) is 8.78 Å². The van der Waals surface area contributed by atoms with E-state index in [4.69, 9.17) is 0 Å². The fourth-order valence-electron chi connectivity index (χ4n) is 6.95. The summed E-state index contributed by atoms with van der Waals surface area (Å²) in [4.78, 5) is 0. The number of rotatable bonds is 3. The van der Waals surface area contributed by atoms with Gasteiger partial charge in [0.05, 0.1) is 0 Å². The first-order valence-corrected chi connectivity index (χ1v) is 14.8. The van der Waals surface area contributed by atoms with E-state index in [1.165, 1.54) is 31.7 Å². The van der Waals surface area contributed by atoms with E-state index in [0.717, 1.165) is 53.7 Å². The predicted molar refractivity (Wildman–Crippen MR) is 157 cm³/mol. The van der Waals surface area contributed by atoms with Gasteiger partial charge >= 0.3 is 0 Å². The molecule has 0 fully saturated rings. The highest BCUT2D eigenvalue weighted by atomic mass is 19.1. The fraction of sp³-hybridized carbons (Fsp3) is 0.500. The van der Waals surface area contributed by atoms with Gasteiger partial charge in [-0.3, -0.25) is 0 Å². The molecule has 0 amide bonds. The lowest BCUT2D eigenvalue weighted by atomic mass is 9.90. The number of benzene rings is 3. The third kappa shape index (κ3) is 6.38. The molecule has 0 saturated carbocycles. The van der Waals surface area contributed by atoms with Crippen LogP contribution in [0.5, 0.6) is 0 Å². The Hall–Kier alpha value is -2.48. The van der Waals surface area contributed by atoms with Crippen LogP contribution in [0.4, 0.5) is 8.78 Å². The van der Waals surface area contributed by atoms with Gasteiger partial charge in [0.2, 0.25) is 0 Å². The third-order valence-corrected chi connectivity index (χ3v) is 9.05. The van der Waals surface area contributed by atoms with Gasteiger partial charge in [-0.1, -0.05) is 90.1 Å². The highest BCUT2D eigenvalue weighted by molar-refractivity contribution is 5.37. The Balaban J connectivity index is 0.000000133. The molecular weight excluding hydrogens is 470 g/mol. The van der Waals surface area contributed by atoms with Crippen molar-refractivity contribution >= 4 is 0 Å². The second-order valence-corrected chi connectivity index (χ2v) is 12.5. The molecule has 1 unspecified atom stereocenters. The van der Waals surface area contributed by atoms with Crippen LogP contribution in [0.1, 0.15) is 112 Å². The Labute approximate surface area is 229 Å². The molecule has 0 heterocycles. The smallest absolute Gasteiger partial charge is 0.129 e. The largest absolute Gasteiger partial charge is 0.207 e. The molecule has 3 aromatic rings. The van der Waals surface area contributed by atoms with Gasteiger partial charge in [-0.2, -0.15) is 0 Å². The molecule has 0 radical (unpaired) electrons. The van der Waals surface area contributed by atoms with Crippen LogP contribution < -0.4 is 0 Å². The summed E-state index contributed by atoms with van der Waals surface area (Å²) in [5, 5.41) is 0. The molecule has 0 aromatic heterocycles. The Bertz CT molecular complexity index is 1150. The highest BCUT2D eigenvalue weighted by Gasteiger charge is 2.29. The molecule has 38 heavy (non-hydrogen) atoms. The number of hydrogen-bond donors (Lipinski definition) is 0. The molecule has 3 aromatic carbocycles. The summed E-state index contributed by atoms with van der Waals surface area (Å²) in [6, 6.07) is 20.3. The van der Waals surface area contributed by atoms with Crippen LogP contribution in [-0.2, 0) is 19.3 Å². The molecule has 2 heteroatoms. The molecule has 0 bridgehead atoms. The van der Waals surface area contributed by atoms with E-state index in [0.29, 0.717) is 5.92 Å². The van der Waals surface area contributed by atoms with Gasteiger partial charge in [-0.15, -0.1) is 0 Å². The molecule has 0 N–H and O–H groups in total. The molecule has 0 aliphatic heterocycles. The Morgan fingerprint density at radius 2 is 0.974 bits per heavy atom. The zero-order valence-corrected chi connectivity index (χ0v) is 24.2. The minimum absolute atomic E-state index is 0.269. The minimum atomic E-state index is -0.453. The van der Waals surface area contributed by atoms with Crippen LogP contribution in [0, 0.1) is 29.4 Å². The van der Waals surface area contributed by atoms with Crippen molar-refractivity contribution in [3.63, 3.8) is 0 Å². The van der Waals surface area contributed by atoms with Gasteiger partial charge < -0.3 is 0 Å². The fourth-order valence-corrected chi connectivity index (χ4v) is 6.95. The summed E-state index contributed by atoms with van der Waals surface area (Å²) < 4.78 is 26.4. The molecular formula is C36H46F2. The van der Waals surface area contributed by atoms with Crippen LogP contribution >= 0.6 is 0 Å². The average Bonchev–Trinajstić information content (AvgIpc) is 3.61. The van der Waals surface area contributed by atoms with Gasteiger partial charge in [0.1, 0.15) is 11.6 Å². The zero-order valence-electron chi connectivity index (χ0n) is 24.2. The van der Waals surface area contributed by atoms with Crippen LogP contribution in [0.25, 0.3) is 0 Å². The monoisotopic (exact) mass is 516 g/mol. The highest BCUT2D eigenvalue weighted by Crippen LogP contribution is 2.40. The Morgan fingerprint density at radius 1 is 0.553 bits per heavy atom. The average molecular weight is 517 g/mol. The zero-order chi connectivity index (χ0) is 27.4. The Morgan fingerprint density at radius 3 is 1.45 bits per heavy atom. The summed E-state index contributed by atoms with van der Waals surface area (Å²) >= 11 is 0. The summed E-state index contributed by atoms with van der Waals surface area (Å²) in [6.45, 7) is 13.5. The lowest BCUT2D eigenvalue weighted by Crippen LogP contribution is -2.04. The van der Waals surface area contributed by atoms with Gasteiger partial charge in [-0.05, 0) is 113 Å². The maximum atomic E-state index is 13.5. The van der Waals surface area contributed by atoms with E-state index in [2.05, 4.69) is 90.1 Å². The lowest BCUT2D eigenvalue weighted by Gasteiger charge is -2.16. The molecule has 0 spiro atoms. The molecule has 0 saturated heterocycles. The van der Waals surface area contributed by atoms with E-state index in [9.17, 15) is 8.78 Å². The van der Waals surface area contributed by atoms with Crippen molar-refractivity contribution in [2.75, 3.05) is 0 Å². The molecule has 3 aliphatic carbocycles. The topological polar surface area (TPSA) is 0 Å². The van der Waals surface area contributed by atoms with Crippen LogP contribution in [0.3, 0.4) is 0 Å². The second kappa shape index (κ2) is 12.6. The SMILES string of the molecule is CC(C)C1CCc2cc(F)cc(F)c21.CC(C)[C@@H]1CCc2ccccc21.CC(C)[C@H]1CCc2ccccc21. The van der Waals surface area contributed by atoms with Crippen molar-refractivity contribution in [3.05, 3.63) is 106 Å². The van der Waals surface area contributed by atoms with Crippen molar-refractivity contribution in [2.24, 2.45) is 17.8 Å². The van der Waals surface area contributed by atoms with E-state index in [1.807, 2.05) is 0 Å². The molecule has 3 atom stereocenters. The third-order valence-electron chi connectivity index (χ3n) is 9.05.